The van der Waals surface area contributed by atoms with Gasteiger partial charge in [-0.25, -0.2) is 0 Å². The molecule has 0 unspecified atom stereocenters. The molecule has 0 heterocycles. The number of benzene rings is 4. The molecule has 0 saturated heterocycles. The molecule has 0 N–H and O–H groups in total. The monoisotopic (exact) mass is 514 g/mol. The van der Waals surface area contributed by atoms with E-state index in [0.29, 0.717) is 43.8 Å². The second kappa shape index (κ2) is 9.98. The number of ketones is 2. The molecule has 0 aliphatic carbocycles. The minimum Gasteiger partial charge on any atom is -0.457 e. The Labute approximate surface area is 210 Å². The highest BCUT2D eigenvalue weighted by molar-refractivity contribution is 6.45. The molecular formula is C26H14Cl4O3. The van der Waals surface area contributed by atoms with Gasteiger partial charge in [-0.15, -0.1) is 0 Å². The largest absolute Gasteiger partial charge is 0.457 e. The summed E-state index contributed by atoms with van der Waals surface area (Å²) in [4.78, 5) is 25.4. The van der Waals surface area contributed by atoms with Gasteiger partial charge in [0.1, 0.15) is 11.5 Å². The van der Waals surface area contributed by atoms with Crippen LogP contribution in [0.15, 0.2) is 84.9 Å². The van der Waals surface area contributed by atoms with E-state index >= 15 is 0 Å². The lowest BCUT2D eigenvalue weighted by atomic mass is 10.0. The Morgan fingerprint density at radius 2 is 0.879 bits per heavy atom. The molecule has 33 heavy (non-hydrogen) atoms. The maximum absolute atomic E-state index is 12.7. The smallest absolute Gasteiger partial charge is 0.194 e. The predicted octanol–water partition coefficient (Wildman–Crippen LogP) is 8.55. The Bertz CT molecular complexity index is 1240. The number of hydrogen-bond donors (Lipinski definition) is 0. The summed E-state index contributed by atoms with van der Waals surface area (Å²) in [6.45, 7) is 0. The maximum atomic E-state index is 12.7. The lowest BCUT2D eigenvalue weighted by Gasteiger charge is -2.09. The highest BCUT2D eigenvalue weighted by Crippen LogP contribution is 2.30. The van der Waals surface area contributed by atoms with Crippen molar-refractivity contribution in [2.75, 3.05) is 0 Å². The van der Waals surface area contributed by atoms with Gasteiger partial charge in [0.05, 0.1) is 20.1 Å². The SMILES string of the molecule is O=C(c1ccc(Oc2ccc(C(=O)c3cccc(Cl)c3Cl)cc2)cc1)c1cccc(Cl)c1Cl. The summed E-state index contributed by atoms with van der Waals surface area (Å²) in [6, 6.07) is 23.1. The molecule has 0 saturated carbocycles. The second-order valence-corrected chi connectivity index (χ2v) is 8.58. The van der Waals surface area contributed by atoms with E-state index in [1.807, 2.05) is 0 Å². The molecule has 4 aromatic rings. The first kappa shape index (κ1) is 23.3. The summed E-state index contributed by atoms with van der Waals surface area (Å²) in [5.41, 5.74) is 1.56. The van der Waals surface area contributed by atoms with Crippen molar-refractivity contribution >= 4 is 58.0 Å². The fourth-order valence-corrected chi connectivity index (χ4v) is 3.93. The van der Waals surface area contributed by atoms with E-state index in [4.69, 9.17) is 51.1 Å². The number of hydrogen-bond acceptors (Lipinski definition) is 3. The maximum Gasteiger partial charge on any atom is 0.194 e. The van der Waals surface area contributed by atoms with Crippen molar-refractivity contribution in [1.82, 2.24) is 0 Å². The molecule has 0 aliphatic rings. The Balaban J connectivity index is 1.47. The Morgan fingerprint density at radius 3 is 1.24 bits per heavy atom. The zero-order valence-electron chi connectivity index (χ0n) is 16.8. The summed E-state index contributed by atoms with van der Waals surface area (Å²) in [6.07, 6.45) is 0. The van der Waals surface area contributed by atoms with Crippen LogP contribution < -0.4 is 4.74 Å². The number of carbonyl (C=O) groups excluding carboxylic acids is 2. The summed E-state index contributed by atoms with van der Waals surface area (Å²) in [5.74, 6) is 0.578. The van der Waals surface area contributed by atoms with Crippen molar-refractivity contribution in [3.63, 3.8) is 0 Å². The average Bonchev–Trinajstić information content (AvgIpc) is 2.83. The molecule has 0 atom stereocenters. The molecule has 3 nitrogen and oxygen atoms in total. The van der Waals surface area contributed by atoms with Crippen LogP contribution in [0, 0.1) is 0 Å². The summed E-state index contributed by atoms with van der Waals surface area (Å²) in [5, 5.41) is 1.08. The van der Waals surface area contributed by atoms with Gasteiger partial charge in [-0.3, -0.25) is 9.59 Å². The molecule has 4 rings (SSSR count). The standard InChI is InChI=1S/C26H14Cl4O3/c27-21-5-1-3-19(23(21)29)25(31)15-7-11-17(12-8-15)33-18-13-9-16(10-14-18)26(32)20-4-2-6-22(28)24(20)30/h1-14H. The van der Waals surface area contributed by atoms with Crippen LogP contribution in [0.3, 0.4) is 0 Å². The third kappa shape index (κ3) is 5.07. The van der Waals surface area contributed by atoms with Gasteiger partial charge in [0.15, 0.2) is 11.6 Å². The predicted molar refractivity (Wildman–Crippen MR) is 133 cm³/mol. The van der Waals surface area contributed by atoms with Crippen molar-refractivity contribution in [3.8, 4) is 11.5 Å². The Hall–Kier alpha value is -2.82. The molecule has 164 valence electrons. The molecule has 0 spiro atoms. The van der Waals surface area contributed by atoms with Gasteiger partial charge in [0, 0.05) is 22.3 Å². The van der Waals surface area contributed by atoms with Gasteiger partial charge in [0.2, 0.25) is 0 Å². The highest BCUT2D eigenvalue weighted by atomic mass is 35.5. The summed E-state index contributed by atoms with van der Waals surface area (Å²) in [7, 11) is 0. The van der Waals surface area contributed by atoms with Crippen molar-refractivity contribution < 1.29 is 14.3 Å². The summed E-state index contributed by atoms with van der Waals surface area (Å²) < 4.78 is 5.83. The van der Waals surface area contributed by atoms with Crippen LogP contribution in [-0.2, 0) is 0 Å². The average molecular weight is 516 g/mol. The quantitative estimate of drug-likeness (QED) is 0.241. The van der Waals surface area contributed by atoms with Gasteiger partial charge in [-0.1, -0.05) is 58.5 Å². The molecular weight excluding hydrogens is 502 g/mol. The minimum atomic E-state index is -0.239. The van der Waals surface area contributed by atoms with E-state index in [1.54, 1.807) is 84.9 Å². The lowest BCUT2D eigenvalue weighted by Crippen LogP contribution is -2.02. The van der Waals surface area contributed by atoms with Crippen LogP contribution in [-0.4, -0.2) is 11.6 Å². The molecule has 0 aromatic heterocycles. The van der Waals surface area contributed by atoms with Crippen molar-refractivity contribution in [3.05, 3.63) is 127 Å². The first-order valence-electron chi connectivity index (χ1n) is 9.70. The molecule has 0 amide bonds. The number of carbonyl (C=O) groups is 2. The molecule has 0 bridgehead atoms. The van der Waals surface area contributed by atoms with Gasteiger partial charge >= 0.3 is 0 Å². The Kier molecular flexibility index (Phi) is 7.06. The van der Waals surface area contributed by atoms with Gasteiger partial charge in [0.25, 0.3) is 0 Å². The highest BCUT2D eigenvalue weighted by Gasteiger charge is 2.16. The minimum absolute atomic E-state index is 0.221. The molecule has 0 radical (unpaired) electrons. The first-order valence-corrected chi connectivity index (χ1v) is 11.2. The number of rotatable bonds is 6. The van der Waals surface area contributed by atoms with Crippen molar-refractivity contribution in [1.29, 1.82) is 0 Å². The van der Waals surface area contributed by atoms with E-state index in [9.17, 15) is 9.59 Å². The zero-order valence-corrected chi connectivity index (χ0v) is 19.8. The zero-order chi connectivity index (χ0) is 23.5. The van der Waals surface area contributed by atoms with Crippen LogP contribution in [0.25, 0.3) is 0 Å². The lowest BCUT2D eigenvalue weighted by molar-refractivity contribution is 0.103. The van der Waals surface area contributed by atoms with Crippen LogP contribution in [0.1, 0.15) is 31.8 Å². The third-order valence-corrected chi connectivity index (χ3v) is 6.50. The molecule has 7 heteroatoms. The van der Waals surface area contributed by atoms with Crippen molar-refractivity contribution in [2.45, 2.75) is 0 Å². The number of ether oxygens (including phenoxy) is 1. The number of halogens is 4. The van der Waals surface area contributed by atoms with E-state index in [1.165, 1.54) is 0 Å². The molecule has 0 aliphatic heterocycles. The molecule has 4 aromatic carbocycles. The topological polar surface area (TPSA) is 43.4 Å². The van der Waals surface area contributed by atoms with E-state index in [-0.39, 0.29) is 21.6 Å². The first-order chi connectivity index (χ1) is 15.8. The Morgan fingerprint density at radius 1 is 0.515 bits per heavy atom. The normalized spacial score (nSPS) is 10.7. The van der Waals surface area contributed by atoms with Crippen LogP contribution in [0.5, 0.6) is 11.5 Å². The van der Waals surface area contributed by atoms with E-state index in [2.05, 4.69) is 0 Å². The van der Waals surface area contributed by atoms with Crippen LogP contribution in [0.4, 0.5) is 0 Å². The van der Waals surface area contributed by atoms with Gasteiger partial charge in [-0.2, -0.15) is 0 Å². The van der Waals surface area contributed by atoms with Crippen LogP contribution >= 0.6 is 46.4 Å². The second-order valence-electron chi connectivity index (χ2n) is 7.01. The van der Waals surface area contributed by atoms with Crippen LogP contribution in [0.2, 0.25) is 20.1 Å². The molecule has 0 fully saturated rings. The summed E-state index contributed by atoms with van der Waals surface area (Å²) >= 11 is 24.3. The van der Waals surface area contributed by atoms with Crippen molar-refractivity contribution in [2.24, 2.45) is 0 Å². The third-order valence-electron chi connectivity index (χ3n) is 4.86. The fourth-order valence-electron chi connectivity index (χ4n) is 3.15. The van der Waals surface area contributed by atoms with Gasteiger partial charge < -0.3 is 4.74 Å². The van der Waals surface area contributed by atoms with E-state index < -0.39 is 0 Å². The fraction of sp³-hybridized carbons (Fsp3) is 0. The van der Waals surface area contributed by atoms with Gasteiger partial charge in [-0.05, 0) is 72.8 Å². The van der Waals surface area contributed by atoms with E-state index in [0.717, 1.165) is 0 Å².